The lowest BCUT2D eigenvalue weighted by Gasteiger charge is -2.19. The molecule has 2 heterocycles. The van der Waals surface area contributed by atoms with Crippen molar-refractivity contribution in [2.24, 2.45) is 11.1 Å². The molecule has 4 rings (SSSR count). The first-order valence-electron chi connectivity index (χ1n) is 11.5. The van der Waals surface area contributed by atoms with Crippen LogP contribution in [0.3, 0.4) is 0 Å². The Hall–Kier alpha value is -3.36. The predicted octanol–water partition coefficient (Wildman–Crippen LogP) is 5.30. The van der Waals surface area contributed by atoms with Gasteiger partial charge in [0, 0.05) is 48.6 Å². The summed E-state index contributed by atoms with van der Waals surface area (Å²) in [6.45, 7) is 4.60. The quantitative estimate of drug-likeness (QED) is 0.254. The number of hydrogen-bond acceptors (Lipinski definition) is 5. The molecule has 188 valence electrons. The van der Waals surface area contributed by atoms with Crippen LogP contribution in [-0.2, 0) is 20.8 Å². The minimum absolute atomic E-state index is 0.0933. The zero-order chi connectivity index (χ0) is 25.8. The molecule has 2 aromatic carbocycles. The Morgan fingerprint density at radius 1 is 1.11 bits per heavy atom. The summed E-state index contributed by atoms with van der Waals surface area (Å²) >= 11 is 6.16. The topological polar surface area (TPSA) is 69.9 Å². The number of rotatable bonds is 6. The highest BCUT2D eigenvalue weighted by Crippen LogP contribution is 2.24. The number of pyridine rings is 1. The number of aromatic nitrogens is 1. The fourth-order valence-corrected chi connectivity index (χ4v) is 4.58. The number of nitrogens with zero attached hydrogens (tertiary/aromatic N) is 2. The van der Waals surface area contributed by atoms with Crippen molar-refractivity contribution in [3.8, 4) is 5.69 Å². The summed E-state index contributed by atoms with van der Waals surface area (Å²) in [6.07, 6.45) is 2.52. The highest BCUT2D eigenvalue weighted by molar-refractivity contribution is 6.30. The summed E-state index contributed by atoms with van der Waals surface area (Å²) in [5.41, 5.74) is 2.73. The van der Waals surface area contributed by atoms with E-state index in [9.17, 15) is 18.4 Å². The van der Waals surface area contributed by atoms with Gasteiger partial charge in [-0.3, -0.25) is 9.36 Å². The number of halogens is 3. The van der Waals surface area contributed by atoms with Gasteiger partial charge >= 0.3 is 5.97 Å². The van der Waals surface area contributed by atoms with Crippen LogP contribution in [0.4, 0.5) is 8.78 Å². The molecule has 0 spiro atoms. The third-order valence-corrected chi connectivity index (χ3v) is 6.33. The Labute approximate surface area is 212 Å². The van der Waals surface area contributed by atoms with Crippen LogP contribution in [0.5, 0.6) is 0 Å². The van der Waals surface area contributed by atoms with Crippen molar-refractivity contribution >= 4 is 23.3 Å². The fourth-order valence-electron chi connectivity index (χ4n) is 4.26. The molecule has 0 aliphatic carbocycles. The van der Waals surface area contributed by atoms with Crippen LogP contribution < -0.4 is 5.56 Å². The van der Waals surface area contributed by atoms with E-state index in [-0.39, 0.29) is 29.2 Å². The van der Waals surface area contributed by atoms with Crippen LogP contribution >= 0.6 is 11.6 Å². The molecule has 0 radical (unpaired) electrons. The molecular formula is C27H25ClF2N2O4. The zero-order valence-electron chi connectivity index (χ0n) is 19.9. The Morgan fingerprint density at radius 2 is 1.81 bits per heavy atom. The number of ether oxygens (including phenoxy) is 1. The van der Waals surface area contributed by atoms with Crippen molar-refractivity contribution in [1.82, 2.24) is 4.57 Å². The second-order valence-electron chi connectivity index (χ2n) is 8.76. The molecule has 1 fully saturated rings. The van der Waals surface area contributed by atoms with Gasteiger partial charge in [0.1, 0.15) is 11.6 Å². The summed E-state index contributed by atoms with van der Waals surface area (Å²) in [7, 11) is 0. The molecule has 1 aliphatic rings. The molecule has 9 heteroatoms. The lowest BCUT2D eigenvalue weighted by Crippen LogP contribution is -2.25. The van der Waals surface area contributed by atoms with Gasteiger partial charge < -0.3 is 9.57 Å². The van der Waals surface area contributed by atoms with E-state index in [0.717, 1.165) is 23.3 Å². The number of carbonyl (C=O) groups excluding carboxylic acids is 1. The molecule has 1 saturated heterocycles. The highest BCUT2D eigenvalue weighted by atomic mass is 35.5. The molecule has 0 atom stereocenters. The Bertz CT molecular complexity index is 1360. The van der Waals surface area contributed by atoms with E-state index < -0.39 is 17.6 Å². The maximum atomic E-state index is 14.5. The van der Waals surface area contributed by atoms with Crippen molar-refractivity contribution < 1.29 is 23.1 Å². The van der Waals surface area contributed by atoms with Crippen LogP contribution in [0.2, 0.25) is 5.02 Å². The molecule has 0 N–H and O–H groups in total. The third-order valence-electron chi connectivity index (χ3n) is 6.11. The lowest BCUT2D eigenvalue weighted by atomic mass is 10.0. The smallest absolute Gasteiger partial charge is 0.338 e. The first kappa shape index (κ1) is 25.7. The standard InChI is InChI=1S/C27H25ClF2N2O4/c1-16-11-21(28)12-17(2)26(16)32-15-20(4-6-25(32)33)24(13-19-3-5-22(29)14-23(19)30)31-36-27(34)18-7-9-35-10-8-18/h3-6,11-12,14-15,18H,7-10,13H2,1-2H3/b31-24-. The molecule has 36 heavy (non-hydrogen) atoms. The van der Waals surface area contributed by atoms with Crippen molar-refractivity contribution in [3.05, 3.63) is 97.9 Å². The molecule has 1 aliphatic heterocycles. The Kier molecular flexibility index (Phi) is 7.96. The van der Waals surface area contributed by atoms with Gasteiger partial charge in [-0.25, -0.2) is 13.6 Å². The normalized spacial score (nSPS) is 14.6. The highest BCUT2D eigenvalue weighted by Gasteiger charge is 2.24. The lowest BCUT2D eigenvalue weighted by molar-refractivity contribution is -0.151. The van der Waals surface area contributed by atoms with Gasteiger partial charge in [0.25, 0.3) is 5.56 Å². The number of aryl methyl sites for hydroxylation is 2. The van der Waals surface area contributed by atoms with E-state index in [1.54, 1.807) is 18.3 Å². The van der Waals surface area contributed by atoms with Crippen molar-refractivity contribution in [2.75, 3.05) is 13.2 Å². The van der Waals surface area contributed by atoms with E-state index in [2.05, 4.69) is 5.16 Å². The van der Waals surface area contributed by atoms with E-state index in [4.69, 9.17) is 21.2 Å². The zero-order valence-corrected chi connectivity index (χ0v) is 20.6. The number of oxime groups is 1. The van der Waals surface area contributed by atoms with Crippen LogP contribution in [0, 0.1) is 31.4 Å². The predicted molar refractivity (Wildman–Crippen MR) is 133 cm³/mol. The second kappa shape index (κ2) is 11.1. The molecule has 3 aromatic rings. The van der Waals surface area contributed by atoms with Crippen LogP contribution in [0.25, 0.3) is 5.69 Å². The van der Waals surface area contributed by atoms with Crippen LogP contribution in [-0.4, -0.2) is 29.5 Å². The average Bonchev–Trinajstić information content (AvgIpc) is 2.84. The molecule has 0 saturated carbocycles. The number of hydrogen-bond donors (Lipinski definition) is 0. The van der Waals surface area contributed by atoms with Crippen molar-refractivity contribution in [3.63, 3.8) is 0 Å². The van der Waals surface area contributed by atoms with Gasteiger partial charge in [-0.2, -0.15) is 0 Å². The maximum absolute atomic E-state index is 14.5. The Balaban J connectivity index is 1.75. The van der Waals surface area contributed by atoms with Gasteiger partial charge in [-0.15, -0.1) is 0 Å². The van der Waals surface area contributed by atoms with Crippen molar-refractivity contribution in [2.45, 2.75) is 33.1 Å². The first-order chi connectivity index (χ1) is 17.2. The van der Waals surface area contributed by atoms with E-state index in [0.29, 0.717) is 42.3 Å². The molecule has 0 amide bonds. The monoisotopic (exact) mass is 514 g/mol. The summed E-state index contributed by atoms with van der Waals surface area (Å²) < 4.78 is 34.7. The van der Waals surface area contributed by atoms with E-state index >= 15 is 0 Å². The summed E-state index contributed by atoms with van der Waals surface area (Å²) in [4.78, 5) is 30.6. The molecule has 1 aromatic heterocycles. The number of carbonyl (C=O) groups is 1. The van der Waals surface area contributed by atoms with E-state index in [1.165, 1.54) is 22.8 Å². The number of benzene rings is 2. The van der Waals surface area contributed by atoms with Crippen molar-refractivity contribution in [1.29, 1.82) is 0 Å². The van der Waals surface area contributed by atoms with E-state index in [1.807, 2.05) is 13.8 Å². The maximum Gasteiger partial charge on any atom is 0.338 e. The van der Waals surface area contributed by atoms with Gasteiger partial charge in [0.2, 0.25) is 0 Å². The summed E-state index contributed by atoms with van der Waals surface area (Å²) in [5.74, 6) is -2.31. The van der Waals surface area contributed by atoms with Gasteiger partial charge in [-0.1, -0.05) is 22.8 Å². The summed E-state index contributed by atoms with van der Waals surface area (Å²) in [5, 5.41) is 4.63. The fraction of sp³-hybridized carbons (Fsp3) is 0.296. The molecule has 6 nitrogen and oxygen atoms in total. The second-order valence-corrected chi connectivity index (χ2v) is 9.20. The van der Waals surface area contributed by atoms with Gasteiger partial charge in [0.15, 0.2) is 0 Å². The SMILES string of the molecule is Cc1cc(Cl)cc(C)c1-n1cc(/C(Cc2ccc(F)cc2F)=N\OC(=O)C2CCOCC2)ccc1=O. The first-order valence-corrected chi connectivity index (χ1v) is 11.9. The molecular weight excluding hydrogens is 490 g/mol. The summed E-state index contributed by atoms with van der Waals surface area (Å²) in [6, 6.07) is 9.63. The minimum Gasteiger partial charge on any atom is -0.381 e. The van der Waals surface area contributed by atoms with Gasteiger partial charge in [-0.05, 0) is 67.6 Å². The average molecular weight is 515 g/mol. The molecule has 0 bridgehead atoms. The Morgan fingerprint density at radius 3 is 2.47 bits per heavy atom. The van der Waals surface area contributed by atoms with Crippen LogP contribution in [0.1, 0.15) is 35.1 Å². The van der Waals surface area contributed by atoms with Gasteiger partial charge in [0.05, 0.1) is 17.3 Å². The minimum atomic E-state index is -0.754. The largest absolute Gasteiger partial charge is 0.381 e. The van der Waals surface area contributed by atoms with Crippen LogP contribution in [0.15, 0.2) is 58.6 Å². The molecule has 0 unspecified atom stereocenters. The third kappa shape index (κ3) is 5.88.